The monoisotopic (exact) mass is 340 g/mol. The van der Waals surface area contributed by atoms with E-state index in [2.05, 4.69) is 63.0 Å². The Morgan fingerprint density at radius 1 is 1.42 bits per heavy atom. The van der Waals surface area contributed by atoms with Crippen molar-refractivity contribution in [1.82, 2.24) is 5.32 Å². The van der Waals surface area contributed by atoms with Crippen LogP contribution in [-0.4, -0.2) is 30.1 Å². The van der Waals surface area contributed by atoms with E-state index in [-0.39, 0.29) is 0 Å². The molecule has 0 aromatic heterocycles. The predicted molar refractivity (Wildman–Crippen MR) is 88.1 cm³/mol. The summed E-state index contributed by atoms with van der Waals surface area (Å²) in [5.41, 5.74) is 2.73. The van der Waals surface area contributed by atoms with Gasteiger partial charge in [0, 0.05) is 41.2 Å². The lowest BCUT2D eigenvalue weighted by Crippen LogP contribution is -2.40. The van der Waals surface area contributed by atoms with E-state index in [0.717, 1.165) is 19.1 Å². The van der Waals surface area contributed by atoms with Crippen LogP contribution in [0.3, 0.4) is 0 Å². The van der Waals surface area contributed by atoms with E-state index in [1.54, 1.807) is 0 Å². The largest absolute Gasteiger partial charge is 0.366 e. The lowest BCUT2D eigenvalue weighted by molar-refractivity contribution is 0.684. The summed E-state index contributed by atoms with van der Waals surface area (Å²) in [5.74, 6) is 2.47. The maximum Gasteiger partial charge on any atom is 0.0513 e. The first kappa shape index (κ1) is 13.8. The van der Waals surface area contributed by atoms with Crippen molar-refractivity contribution < 1.29 is 0 Å². The first-order valence-corrected chi connectivity index (χ1v) is 9.05. The Labute approximate surface area is 128 Å². The minimum Gasteiger partial charge on any atom is -0.366 e. The molecule has 1 aromatic rings. The molecular weight excluding hydrogens is 320 g/mol. The average Bonchev–Trinajstić information content (AvgIpc) is 3.22. The van der Waals surface area contributed by atoms with Crippen LogP contribution in [0, 0.1) is 0 Å². The zero-order valence-corrected chi connectivity index (χ0v) is 13.8. The number of anilines is 1. The van der Waals surface area contributed by atoms with Gasteiger partial charge in [-0.3, -0.25) is 0 Å². The molecule has 1 aliphatic carbocycles. The van der Waals surface area contributed by atoms with Crippen molar-refractivity contribution in [2.24, 2.45) is 0 Å². The van der Waals surface area contributed by atoms with E-state index >= 15 is 0 Å². The fourth-order valence-electron chi connectivity index (χ4n) is 2.53. The Hall–Kier alpha value is -0.190. The molecule has 1 saturated carbocycles. The number of halogens is 1. The lowest BCUT2D eigenvalue weighted by atomic mass is 10.1. The quantitative estimate of drug-likeness (QED) is 0.900. The van der Waals surface area contributed by atoms with Crippen molar-refractivity contribution in [3.05, 3.63) is 28.2 Å². The van der Waals surface area contributed by atoms with Crippen molar-refractivity contribution in [1.29, 1.82) is 0 Å². The topological polar surface area (TPSA) is 15.3 Å². The molecule has 19 heavy (non-hydrogen) atoms. The maximum atomic E-state index is 3.76. The van der Waals surface area contributed by atoms with E-state index in [9.17, 15) is 0 Å². The third-order valence-electron chi connectivity index (χ3n) is 3.86. The number of benzene rings is 1. The van der Waals surface area contributed by atoms with Gasteiger partial charge in [0.15, 0.2) is 0 Å². The zero-order valence-electron chi connectivity index (χ0n) is 11.4. The number of hydrogen-bond donors (Lipinski definition) is 1. The molecule has 2 fully saturated rings. The Bertz CT molecular complexity index is 448. The van der Waals surface area contributed by atoms with Crippen LogP contribution in [-0.2, 0) is 6.54 Å². The van der Waals surface area contributed by atoms with Crippen LogP contribution in [0.25, 0.3) is 0 Å². The minimum absolute atomic E-state index is 0.630. The highest BCUT2D eigenvalue weighted by molar-refractivity contribution is 9.10. The van der Waals surface area contributed by atoms with Crippen molar-refractivity contribution in [3.63, 3.8) is 0 Å². The lowest BCUT2D eigenvalue weighted by Gasteiger charge is -2.35. The Balaban J connectivity index is 1.70. The summed E-state index contributed by atoms with van der Waals surface area (Å²) in [7, 11) is 0. The zero-order chi connectivity index (χ0) is 13.2. The molecule has 2 aliphatic rings. The van der Waals surface area contributed by atoms with Gasteiger partial charge in [0.25, 0.3) is 0 Å². The number of hydrogen-bond acceptors (Lipinski definition) is 3. The van der Waals surface area contributed by atoms with Crippen molar-refractivity contribution in [2.45, 2.75) is 38.4 Å². The fourth-order valence-corrected chi connectivity index (χ4v) is 4.20. The molecule has 1 aliphatic heterocycles. The number of nitrogens with one attached hydrogen (secondary N) is 1. The molecule has 104 valence electrons. The first-order valence-electron chi connectivity index (χ1n) is 7.10. The maximum absolute atomic E-state index is 3.76. The highest BCUT2D eigenvalue weighted by Crippen LogP contribution is 2.32. The van der Waals surface area contributed by atoms with Gasteiger partial charge in [-0.1, -0.05) is 6.07 Å². The molecule has 1 atom stereocenters. The highest BCUT2D eigenvalue weighted by Gasteiger charge is 2.22. The van der Waals surface area contributed by atoms with Gasteiger partial charge >= 0.3 is 0 Å². The second kappa shape index (κ2) is 6.06. The molecule has 0 bridgehead atoms. The van der Waals surface area contributed by atoms with Gasteiger partial charge in [-0.25, -0.2) is 0 Å². The van der Waals surface area contributed by atoms with E-state index in [0.29, 0.717) is 6.04 Å². The molecule has 0 amide bonds. The third-order valence-corrected chi connectivity index (χ3v) is 5.69. The molecule has 3 rings (SSSR count). The van der Waals surface area contributed by atoms with Gasteiger partial charge in [0.2, 0.25) is 0 Å². The molecule has 4 heteroatoms. The summed E-state index contributed by atoms with van der Waals surface area (Å²) >= 11 is 5.82. The number of thioether (sulfide) groups is 1. The summed E-state index contributed by atoms with van der Waals surface area (Å²) < 4.78 is 1.24. The van der Waals surface area contributed by atoms with Gasteiger partial charge in [0.1, 0.15) is 0 Å². The van der Waals surface area contributed by atoms with Crippen LogP contribution in [0.1, 0.15) is 25.3 Å². The smallest absolute Gasteiger partial charge is 0.0513 e. The standard InChI is InChI=1S/C15H21BrN2S/c1-11-10-19-7-6-18(11)15-5-2-12(8-14(15)16)9-17-13-3-4-13/h2,5,8,11,13,17H,3-4,6-7,9-10H2,1H3. The van der Waals surface area contributed by atoms with Crippen LogP contribution in [0.5, 0.6) is 0 Å². The second-order valence-corrected chi connectivity index (χ2v) is 7.56. The third kappa shape index (κ3) is 3.47. The Kier molecular flexibility index (Phi) is 4.40. The molecule has 2 nitrogen and oxygen atoms in total. The van der Waals surface area contributed by atoms with Crippen molar-refractivity contribution >= 4 is 33.4 Å². The van der Waals surface area contributed by atoms with Gasteiger partial charge in [-0.05, 0) is 53.4 Å². The van der Waals surface area contributed by atoms with Crippen molar-refractivity contribution in [2.75, 3.05) is 23.0 Å². The van der Waals surface area contributed by atoms with E-state index < -0.39 is 0 Å². The molecular formula is C15H21BrN2S. The molecule has 0 spiro atoms. The van der Waals surface area contributed by atoms with Crippen LogP contribution in [0.15, 0.2) is 22.7 Å². The summed E-state index contributed by atoms with van der Waals surface area (Å²) in [5, 5.41) is 3.57. The minimum atomic E-state index is 0.630. The van der Waals surface area contributed by atoms with Crippen LogP contribution >= 0.6 is 27.7 Å². The van der Waals surface area contributed by atoms with E-state index in [1.165, 1.54) is 40.1 Å². The van der Waals surface area contributed by atoms with Crippen LogP contribution < -0.4 is 10.2 Å². The summed E-state index contributed by atoms with van der Waals surface area (Å²) in [6, 6.07) is 8.23. The van der Waals surface area contributed by atoms with E-state index in [4.69, 9.17) is 0 Å². The molecule has 1 N–H and O–H groups in total. The van der Waals surface area contributed by atoms with Gasteiger partial charge in [0.05, 0.1) is 5.69 Å². The van der Waals surface area contributed by atoms with Gasteiger partial charge < -0.3 is 10.2 Å². The summed E-state index contributed by atoms with van der Waals surface area (Å²) in [6.45, 7) is 4.47. The highest BCUT2D eigenvalue weighted by atomic mass is 79.9. The second-order valence-electron chi connectivity index (χ2n) is 5.56. The normalized spacial score (nSPS) is 23.7. The van der Waals surface area contributed by atoms with E-state index in [1.807, 2.05) is 0 Å². The summed E-state index contributed by atoms with van der Waals surface area (Å²) in [4.78, 5) is 2.53. The Morgan fingerprint density at radius 2 is 2.26 bits per heavy atom. The van der Waals surface area contributed by atoms with Crippen LogP contribution in [0.2, 0.25) is 0 Å². The van der Waals surface area contributed by atoms with Crippen molar-refractivity contribution in [3.8, 4) is 0 Å². The molecule has 0 radical (unpaired) electrons. The molecule has 1 heterocycles. The Morgan fingerprint density at radius 3 is 2.95 bits per heavy atom. The van der Waals surface area contributed by atoms with Crippen LogP contribution in [0.4, 0.5) is 5.69 Å². The molecule has 1 aromatic carbocycles. The van der Waals surface area contributed by atoms with Gasteiger partial charge in [-0.15, -0.1) is 0 Å². The van der Waals surface area contributed by atoms with Gasteiger partial charge in [-0.2, -0.15) is 11.8 Å². The number of rotatable bonds is 4. The summed E-state index contributed by atoms with van der Waals surface area (Å²) in [6.07, 6.45) is 2.70. The first-order chi connectivity index (χ1) is 9.24. The predicted octanol–water partition coefficient (Wildman–Crippen LogP) is 3.64. The molecule has 1 saturated heterocycles. The SMILES string of the molecule is CC1CSCCN1c1ccc(CNC2CC2)cc1Br. The molecule has 1 unspecified atom stereocenters. The average molecular weight is 341 g/mol. The fraction of sp³-hybridized carbons (Fsp3) is 0.600. The number of nitrogens with zero attached hydrogens (tertiary/aromatic N) is 1.